The van der Waals surface area contributed by atoms with Crippen LogP contribution in [-0.4, -0.2) is 6.36 Å². The van der Waals surface area contributed by atoms with Crippen LogP contribution in [0.5, 0.6) is 5.75 Å². The van der Waals surface area contributed by atoms with Crippen LogP contribution in [0.15, 0.2) is 24.8 Å². The summed E-state index contributed by atoms with van der Waals surface area (Å²) in [4.78, 5) is 0. The Morgan fingerprint density at radius 3 is 2.09 bits per heavy atom. The van der Waals surface area contributed by atoms with Crippen molar-refractivity contribution < 1.29 is 26.7 Å². The van der Waals surface area contributed by atoms with Gasteiger partial charge in [0.1, 0.15) is 0 Å². The zero-order valence-corrected chi connectivity index (χ0v) is 11.9. The van der Waals surface area contributed by atoms with E-state index in [2.05, 4.69) is 11.3 Å². The molecule has 1 saturated carbocycles. The molecular formula is C16H17F5O. The lowest BCUT2D eigenvalue weighted by molar-refractivity contribution is -0.276. The minimum atomic E-state index is -5.12. The van der Waals surface area contributed by atoms with Gasteiger partial charge >= 0.3 is 6.36 Å². The van der Waals surface area contributed by atoms with Gasteiger partial charge in [-0.1, -0.05) is 6.08 Å². The van der Waals surface area contributed by atoms with Crippen molar-refractivity contribution in [3.8, 4) is 5.75 Å². The molecule has 122 valence electrons. The van der Waals surface area contributed by atoms with Crippen molar-refractivity contribution in [2.45, 2.75) is 44.4 Å². The van der Waals surface area contributed by atoms with Gasteiger partial charge < -0.3 is 4.74 Å². The molecule has 1 aliphatic carbocycles. The lowest BCUT2D eigenvalue weighted by Crippen LogP contribution is -2.19. The third-order valence-electron chi connectivity index (χ3n) is 4.06. The Hall–Kier alpha value is -1.59. The first-order chi connectivity index (χ1) is 10.3. The number of ether oxygens (including phenoxy) is 1. The number of benzene rings is 1. The first-order valence-electron chi connectivity index (χ1n) is 7.15. The van der Waals surface area contributed by atoms with E-state index in [0.717, 1.165) is 44.2 Å². The van der Waals surface area contributed by atoms with Crippen molar-refractivity contribution in [1.82, 2.24) is 0 Å². The van der Waals surface area contributed by atoms with Gasteiger partial charge in [-0.25, -0.2) is 8.78 Å². The molecule has 2 rings (SSSR count). The molecule has 0 spiro atoms. The maximum Gasteiger partial charge on any atom is 0.573 e. The van der Waals surface area contributed by atoms with E-state index in [1.807, 2.05) is 6.08 Å². The number of hydrogen-bond donors (Lipinski definition) is 0. The van der Waals surface area contributed by atoms with Gasteiger partial charge in [-0.3, -0.25) is 0 Å². The molecule has 0 heterocycles. The lowest BCUT2D eigenvalue weighted by atomic mass is 9.77. The number of halogens is 5. The summed E-state index contributed by atoms with van der Waals surface area (Å²) in [6, 6.07) is 1.89. The van der Waals surface area contributed by atoms with Gasteiger partial charge in [-0.15, -0.1) is 19.8 Å². The Balaban J connectivity index is 2.12. The van der Waals surface area contributed by atoms with E-state index in [1.165, 1.54) is 0 Å². The second-order valence-electron chi connectivity index (χ2n) is 5.60. The van der Waals surface area contributed by atoms with Crippen LogP contribution in [0, 0.1) is 17.6 Å². The van der Waals surface area contributed by atoms with Gasteiger partial charge in [0.05, 0.1) is 0 Å². The molecule has 0 radical (unpaired) electrons. The summed E-state index contributed by atoms with van der Waals surface area (Å²) in [6.45, 7) is 3.69. The zero-order valence-electron chi connectivity index (χ0n) is 11.9. The average Bonchev–Trinajstić information content (AvgIpc) is 2.43. The van der Waals surface area contributed by atoms with Crippen LogP contribution in [-0.2, 0) is 0 Å². The van der Waals surface area contributed by atoms with Gasteiger partial charge in [0.2, 0.25) is 5.75 Å². The number of alkyl halides is 3. The molecule has 1 aliphatic rings. The molecule has 6 heteroatoms. The molecule has 1 fully saturated rings. The molecule has 1 aromatic rings. The summed E-state index contributed by atoms with van der Waals surface area (Å²) in [5, 5.41) is 0. The third-order valence-corrected chi connectivity index (χ3v) is 4.06. The van der Waals surface area contributed by atoms with Crippen LogP contribution in [0.4, 0.5) is 22.0 Å². The van der Waals surface area contributed by atoms with Gasteiger partial charge in [0, 0.05) is 0 Å². The number of allylic oxidation sites excluding steroid dienone is 1. The van der Waals surface area contributed by atoms with Gasteiger partial charge in [-0.2, -0.15) is 0 Å². The standard InChI is InChI=1S/C16H17F5O/c1-2-3-10-4-6-11(7-5-10)12-8-13(17)15(14(18)9-12)22-16(19,20)21/h2,8-11H,1,3-7H2. The molecule has 0 unspecified atom stereocenters. The summed E-state index contributed by atoms with van der Waals surface area (Å²) >= 11 is 0. The summed E-state index contributed by atoms with van der Waals surface area (Å²) in [6.07, 6.45) is 1.00. The lowest BCUT2D eigenvalue weighted by Gasteiger charge is -2.28. The normalized spacial score (nSPS) is 22.4. The first-order valence-corrected chi connectivity index (χ1v) is 7.15. The SMILES string of the molecule is C=CCC1CCC(c2cc(F)c(OC(F)(F)F)c(F)c2)CC1. The second-order valence-corrected chi connectivity index (χ2v) is 5.60. The molecular weight excluding hydrogens is 303 g/mol. The Morgan fingerprint density at radius 1 is 1.09 bits per heavy atom. The molecule has 1 nitrogen and oxygen atoms in total. The van der Waals surface area contributed by atoms with E-state index >= 15 is 0 Å². The highest BCUT2D eigenvalue weighted by Crippen LogP contribution is 2.39. The van der Waals surface area contributed by atoms with Crippen LogP contribution < -0.4 is 4.74 Å². The first kappa shape index (κ1) is 16.8. The molecule has 0 saturated heterocycles. The van der Waals surface area contributed by atoms with Crippen LogP contribution in [0.25, 0.3) is 0 Å². The maximum absolute atomic E-state index is 13.7. The third kappa shape index (κ3) is 4.21. The quantitative estimate of drug-likeness (QED) is 0.510. The predicted molar refractivity (Wildman–Crippen MR) is 72.6 cm³/mol. The fourth-order valence-corrected chi connectivity index (χ4v) is 3.00. The largest absolute Gasteiger partial charge is 0.573 e. The van der Waals surface area contributed by atoms with E-state index in [4.69, 9.17) is 0 Å². The topological polar surface area (TPSA) is 9.23 Å². The monoisotopic (exact) mass is 320 g/mol. The highest BCUT2D eigenvalue weighted by atomic mass is 19.4. The highest BCUT2D eigenvalue weighted by molar-refractivity contribution is 5.33. The molecule has 22 heavy (non-hydrogen) atoms. The average molecular weight is 320 g/mol. The van der Waals surface area contributed by atoms with Crippen LogP contribution in [0.2, 0.25) is 0 Å². The molecule has 0 bridgehead atoms. The Bertz CT molecular complexity index is 507. The fraction of sp³-hybridized carbons (Fsp3) is 0.500. The molecule has 0 aliphatic heterocycles. The van der Waals surface area contributed by atoms with Crippen molar-refractivity contribution >= 4 is 0 Å². The summed E-state index contributed by atoms with van der Waals surface area (Å²) < 4.78 is 67.1. The summed E-state index contributed by atoms with van der Waals surface area (Å²) in [7, 11) is 0. The molecule has 1 aromatic carbocycles. The van der Waals surface area contributed by atoms with E-state index in [0.29, 0.717) is 11.5 Å². The van der Waals surface area contributed by atoms with Gasteiger partial charge in [0.25, 0.3) is 0 Å². The van der Waals surface area contributed by atoms with E-state index in [-0.39, 0.29) is 5.92 Å². The summed E-state index contributed by atoms with van der Waals surface area (Å²) in [5.41, 5.74) is 0.390. The summed E-state index contributed by atoms with van der Waals surface area (Å²) in [5.74, 6) is -3.54. The maximum atomic E-state index is 13.7. The van der Waals surface area contributed by atoms with Crippen molar-refractivity contribution in [1.29, 1.82) is 0 Å². The van der Waals surface area contributed by atoms with E-state index in [9.17, 15) is 22.0 Å². The minimum Gasteiger partial charge on any atom is -0.399 e. The smallest absolute Gasteiger partial charge is 0.399 e. The second kappa shape index (κ2) is 6.67. The fourth-order valence-electron chi connectivity index (χ4n) is 3.00. The van der Waals surface area contributed by atoms with Crippen molar-refractivity contribution in [2.24, 2.45) is 5.92 Å². The molecule has 0 atom stereocenters. The zero-order chi connectivity index (χ0) is 16.3. The van der Waals surface area contributed by atoms with Crippen LogP contribution >= 0.6 is 0 Å². The Labute approximate surface area is 125 Å². The molecule has 0 N–H and O–H groups in total. The van der Waals surface area contributed by atoms with Crippen molar-refractivity contribution in [3.63, 3.8) is 0 Å². The van der Waals surface area contributed by atoms with Crippen molar-refractivity contribution in [3.05, 3.63) is 42.0 Å². The van der Waals surface area contributed by atoms with Crippen LogP contribution in [0.3, 0.4) is 0 Å². The Kier molecular flexibility index (Phi) is 5.08. The van der Waals surface area contributed by atoms with Gasteiger partial charge in [0.15, 0.2) is 11.6 Å². The van der Waals surface area contributed by atoms with Gasteiger partial charge in [-0.05, 0) is 61.6 Å². The number of rotatable bonds is 4. The Morgan fingerprint density at radius 2 is 1.64 bits per heavy atom. The molecule has 0 aromatic heterocycles. The highest BCUT2D eigenvalue weighted by Gasteiger charge is 2.34. The minimum absolute atomic E-state index is 0.0370. The molecule has 0 amide bonds. The predicted octanol–water partition coefficient (Wildman–Crippen LogP) is 5.71. The van der Waals surface area contributed by atoms with E-state index in [1.54, 1.807) is 0 Å². The van der Waals surface area contributed by atoms with Crippen LogP contribution in [0.1, 0.15) is 43.6 Å². The van der Waals surface area contributed by atoms with E-state index < -0.39 is 23.7 Å². The van der Waals surface area contributed by atoms with Crippen molar-refractivity contribution in [2.75, 3.05) is 0 Å². The number of hydrogen-bond acceptors (Lipinski definition) is 1.